The predicted molar refractivity (Wildman–Crippen MR) is 76.8 cm³/mol. The van der Waals surface area contributed by atoms with Crippen molar-refractivity contribution >= 4 is 54.6 Å². The summed E-state index contributed by atoms with van der Waals surface area (Å²) < 4.78 is 27.1. The fourth-order valence-corrected chi connectivity index (χ4v) is 4.21. The molecule has 1 heterocycles. The van der Waals surface area contributed by atoms with Gasteiger partial charge in [0.25, 0.3) is 10.0 Å². The third kappa shape index (κ3) is 3.25. The number of nitrogens with zero attached hydrogens (tertiary/aromatic N) is 2. The summed E-state index contributed by atoms with van der Waals surface area (Å²) in [7, 11) is -3.73. The number of rotatable bonds is 3. The molecule has 2 aromatic rings. The zero-order valence-electron chi connectivity index (χ0n) is 9.09. The zero-order valence-corrected chi connectivity index (χ0v) is 13.1. The molecule has 1 aromatic heterocycles. The molecule has 0 amide bonds. The number of sulfonamides is 1. The fraction of sp³-hybridized carbons (Fsp3) is 0. The van der Waals surface area contributed by atoms with Crippen molar-refractivity contribution in [1.29, 1.82) is 5.26 Å². The second kappa shape index (κ2) is 5.46. The number of benzene rings is 1. The Morgan fingerprint density at radius 2 is 2.21 bits per heavy atom. The minimum absolute atomic E-state index is 0.0220. The van der Waals surface area contributed by atoms with Crippen LogP contribution < -0.4 is 4.72 Å². The van der Waals surface area contributed by atoms with E-state index in [1.807, 2.05) is 6.07 Å². The number of nitriles is 1. The summed E-state index contributed by atoms with van der Waals surface area (Å²) in [6.07, 6.45) is 1.19. The van der Waals surface area contributed by atoms with Gasteiger partial charge in [0, 0.05) is 4.47 Å². The summed E-state index contributed by atoms with van der Waals surface area (Å²) in [5, 5.41) is 8.74. The monoisotopic (exact) mass is 377 g/mol. The Morgan fingerprint density at radius 3 is 2.74 bits per heavy atom. The molecule has 19 heavy (non-hydrogen) atoms. The van der Waals surface area contributed by atoms with Gasteiger partial charge in [-0.25, -0.2) is 13.4 Å². The van der Waals surface area contributed by atoms with Gasteiger partial charge in [-0.15, -0.1) is 0 Å². The number of hydrogen-bond donors (Lipinski definition) is 1. The van der Waals surface area contributed by atoms with Crippen LogP contribution in [0.1, 0.15) is 5.56 Å². The third-order valence-corrected chi connectivity index (χ3v) is 5.66. The summed E-state index contributed by atoms with van der Waals surface area (Å²) in [5.74, 6) is 0. The molecule has 98 valence electrons. The quantitative estimate of drug-likeness (QED) is 0.889. The van der Waals surface area contributed by atoms with Crippen LogP contribution in [0.25, 0.3) is 0 Å². The van der Waals surface area contributed by atoms with E-state index in [9.17, 15) is 8.42 Å². The Balaban J connectivity index is 2.34. The first-order valence-electron chi connectivity index (χ1n) is 4.76. The lowest BCUT2D eigenvalue weighted by atomic mass is 10.2. The molecule has 0 aliphatic heterocycles. The summed E-state index contributed by atoms with van der Waals surface area (Å²) in [4.78, 5) is 3.68. The van der Waals surface area contributed by atoms with Crippen LogP contribution in [0, 0.1) is 11.3 Å². The number of thiazole rings is 1. The standard InChI is InChI=1S/C10H5BrClN3O2S2/c11-7-3-6(4-13)1-2-8(7)15-19(16,17)9-5-14-10(12)18-9/h1-3,5,15H. The highest BCUT2D eigenvalue weighted by Crippen LogP contribution is 2.28. The normalized spacial score (nSPS) is 11.0. The van der Waals surface area contributed by atoms with Crippen molar-refractivity contribution in [2.45, 2.75) is 4.21 Å². The lowest BCUT2D eigenvalue weighted by Gasteiger charge is -2.07. The fourth-order valence-electron chi connectivity index (χ4n) is 1.23. The van der Waals surface area contributed by atoms with Gasteiger partial charge in [-0.3, -0.25) is 4.72 Å². The second-order valence-electron chi connectivity index (χ2n) is 3.34. The van der Waals surface area contributed by atoms with Crippen molar-refractivity contribution in [2.75, 3.05) is 4.72 Å². The van der Waals surface area contributed by atoms with E-state index < -0.39 is 10.0 Å². The van der Waals surface area contributed by atoms with Crippen LogP contribution in [0.4, 0.5) is 5.69 Å². The molecular weight excluding hydrogens is 374 g/mol. The minimum Gasteiger partial charge on any atom is -0.278 e. The zero-order chi connectivity index (χ0) is 14.0. The summed E-state index contributed by atoms with van der Waals surface area (Å²) in [6.45, 7) is 0. The molecule has 1 aromatic carbocycles. The minimum atomic E-state index is -3.73. The van der Waals surface area contributed by atoms with Gasteiger partial charge in [-0.05, 0) is 34.1 Å². The van der Waals surface area contributed by atoms with E-state index in [0.717, 1.165) is 11.3 Å². The Hall–Kier alpha value is -1.14. The van der Waals surface area contributed by atoms with Gasteiger partial charge in [0.2, 0.25) is 0 Å². The average molecular weight is 379 g/mol. The first-order chi connectivity index (χ1) is 8.92. The van der Waals surface area contributed by atoms with Crippen molar-refractivity contribution in [1.82, 2.24) is 4.98 Å². The number of halogens is 2. The van der Waals surface area contributed by atoms with Gasteiger partial charge in [0.15, 0.2) is 8.68 Å². The SMILES string of the molecule is N#Cc1ccc(NS(=O)(=O)c2cnc(Cl)s2)c(Br)c1. The molecule has 9 heteroatoms. The maximum atomic E-state index is 12.0. The number of nitrogens with one attached hydrogen (secondary N) is 1. The van der Waals surface area contributed by atoms with Crippen LogP contribution in [0.5, 0.6) is 0 Å². The molecule has 0 aliphatic rings. The smallest absolute Gasteiger partial charge is 0.273 e. The second-order valence-corrected chi connectivity index (χ2v) is 7.72. The van der Waals surface area contributed by atoms with Gasteiger partial charge in [-0.1, -0.05) is 22.9 Å². The summed E-state index contributed by atoms with van der Waals surface area (Å²) in [6, 6.07) is 6.50. The van der Waals surface area contributed by atoms with E-state index in [0.29, 0.717) is 15.7 Å². The van der Waals surface area contributed by atoms with Crippen LogP contribution >= 0.6 is 38.9 Å². The van der Waals surface area contributed by atoms with Gasteiger partial charge in [0.1, 0.15) is 0 Å². The van der Waals surface area contributed by atoms with Gasteiger partial charge >= 0.3 is 0 Å². The topological polar surface area (TPSA) is 82.9 Å². The van der Waals surface area contributed by atoms with Gasteiger partial charge < -0.3 is 0 Å². The number of aromatic nitrogens is 1. The number of hydrogen-bond acceptors (Lipinski definition) is 5. The van der Waals surface area contributed by atoms with Gasteiger partial charge in [0.05, 0.1) is 23.5 Å². The van der Waals surface area contributed by atoms with E-state index in [4.69, 9.17) is 16.9 Å². The van der Waals surface area contributed by atoms with Crippen molar-refractivity contribution in [3.63, 3.8) is 0 Å². The van der Waals surface area contributed by atoms with Crippen LogP contribution in [-0.4, -0.2) is 13.4 Å². The van der Waals surface area contributed by atoms with Crippen LogP contribution in [0.2, 0.25) is 4.47 Å². The van der Waals surface area contributed by atoms with E-state index in [1.54, 1.807) is 0 Å². The Labute approximate surface area is 127 Å². The molecule has 0 fully saturated rings. The Morgan fingerprint density at radius 1 is 1.47 bits per heavy atom. The van der Waals surface area contributed by atoms with Gasteiger partial charge in [-0.2, -0.15) is 5.26 Å². The van der Waals surface area contributed by atoms with Crippen molar-refractivity contribution in [3.8, 4) is 6.07 Å². The molecule has 5 nitrogen and oxygen atoms in total. The van der Waals surface area contributed by atoms with Crippen LogP contribution in [0.15, 0.2) is 33.1 Å². The first kappa shape index (κ1) is 14.3. The lowest BCUT2D eigenvalue weighted by Crippen LogP contribution is -2.11. The Kier molecular flexibility index (Phi) is 4.10. The highest BCUT2D eigenvalue weighted by molar-refractivity contribution is 9.10. The lowest BCUT2D eigenvalue weighted by molar-refractivity contribution is 0.603. The molecule has 0 bridgehead atoms. The van der Waals surface area contributed by atoms with E-state index in [2.05, 4.69) is 25.6 Å². The van der Waals surface area contributed by atoms with E-state index in [-0.39, 0.29) is 8.68 Å². The molecule has 2 rings (SSSR count). The van der Waals surface area contributed by atoms with Crippen molar-refractivity contribution in [3.05, 3.63) is 38.9 Å². The van der Waals surface area contributed by atoms with E-state index >= 15 is 0 Å². The molecule has 0 spiro atoms. The highest BCUT2D eigenvalue weighted by atomic mass is 79.9. The molecule has 0 saturated heterocycles. The first-order valence-corrected chi connectivity index (χ1v) is 8.23. The maximum Gasteiger partial charge on any atom is 0.273 e. The third-order valence-electron chi connectivity index (χ3n) is 2.06. The molecule has 0 unspecified atom stereocenters. The van der Waals surface area contributed by atoms with Crippen LogP contribution in [0.3, 0.4) is 0 Å². The molecule has 1 N–H and O–H groups in total. The predicted octanol–water partition coefficient (Wildman–Crippen LogP) is 3.23. The van der Waals surface area contributed by atoms with Crippen LogP contribution in [-0.2, 0) is 10.0 Å². The highest BCUT2D eigenvalue weighted by Gasteiger charge is 2.18. The summed E-state index contributed by atoms with van der Waals surface area (Å²) >= 11 is 9.68. The van der Waals surface area contributed by atoms with Crippen molar-refractivity contribution < 1.29 is 8.42 Å². The molecular formula is C10H5BrClN3O2S2. The average Bonchev–Trinajstić information content (AvgIpc) is 2.79. The maximum absolute atomic E-state index is 12.0. The van der Waals surface area contributed by atoms with E-state index in [1.165, 1.54) is 24.4 Å². The number of anilines is 1. The largest absolute Gasteiger partial charge is 0.278 e. The molecule has 0 saturated carbocycles. The molecule has 0 radical (unpaired) electrons. The Bertz CT molecular complexity index is 767. The van der Waals surface area contributed by atoms with Crippen molar-refractivity contribution in [2.24, 2.45) is 0 Å². The molecule has 0 aliphatic carbocycles. The summed E-state index contributed by atoms with van der Waals surface area (Å²) in [5.41, 5.74) is 0.763. The molecule has 0 atom stereocenters.